The average Bonchev–Trinajstić information content (AvgIpc) is 2.66. The summed E-state index contributed by atoms with van der Waals surface area (Å²) in [6.45, 7) is 0.731. The van der Waals surface area contributed by atoms with E-state index in [2.05, 4.69) is 4.74 Å². The Hall–Kier alpha value is -0.870. The number of hydrogen-bond donors (Lipinski definition) is 1. The Morgan fingerprint density at radius 2 is 2.36 bits per heavy atom. The van der Waals surface area contributed by atoms with Crippen LogP contribution in [-0.2, 0) is 11.2 Å². The molecule has 0 bridgehead atoms. The summed E-state index contributed by atoms with van der Waals surface area (Å²) < 4.78 is 4.62. The van der Waals surface area contributed by atoms with Crippen LogP contribution in [-0.4, -0.2) is 19.6 Å². The molecule has 4 heteroatoms. The first-order valence-electron chi connectivity index (χ1n) is 4.63. The minimum atomic E-state index is -0.258. The molecule has 0 aliphatic heterocycles. The zero-order valence-electron chi connectivity index (χ0n) is 8.29. The molecule has 0 atom stereocenters. The van der Waals surface area contributed by atoms with Crippen molar-refractivity contribution < 1.29 is 9.53 Å². The number of unbranched alkanes of at least 4 members (excludes halogenated alkanes) is 1. The van der Waals surface area contributed by atoms with Crippen molar-refractivity contribution in [3.63, 3.8) is 0 Å². The molecule has 0 unspecified atom stereocenters. The normalized spacial score (nSPS) is 10.1. The van der Waals surface area contributed by atoms with Gasteiger partial charge in [0.1, 0.15) is 0 Å². The summed E-state index contributed by atoms with van der Waals surface area (Å²) in [6, 6.07) is 1.90. The van der Waals surface area contributed by atoms with E-state index >= 15 is 0 Å². The van der Waals surface area contributed by atoms with E-state index < -0.39 is 0 Å². The van der Waals surface area contributed by atoms with Crippen molar-refractivity contribution in [1.82, 2.24) is 0 Å². The largest absolute Gasteiger partial charge is 0.465 e. The summed E-state index contributed by atoms with van der Waals surface area (Å²) in [5, 5.41) is 1.84. The summed E-state index contributed by atoms with van der Waals surface area (Å²) in [6.07, 6.45) is 3.11. The van der Waals surface area contributed by atoms with E-state index in [9.17, 15) is 4.79 Å². The summed E-state index contributed by atoms with van der Waals surface area (Å²) in [5.74, 6) is -0.258. The van der Waals surface area contributed by atoms with Crippen LogP contribution in [0.2, 0.25) is 0 Å². The molecule has 0 aliphatic rings. The Morgan fingerprint density at radius 1 is 1.57 bits per heavy atom. The molecule has 0 aromatic carbocycles. The zero-order valence-corrected chi connectivity index (χ0v) is 9.10. The van der Waals surface area contributed by atoms with Crippen LogP contribution in [0.5, 0.6) is 0 Å². The lowest BCUT2D eigenvalue weighted by Gasteiger charge is -1.95. The van der Waals surface area contributed by atoms with E-state index in [1.165, 1.54) is 12.0 Å². The number of nitrogens with two attached hydrogens (primary N) is 1. The maximum atomic E-state index is 11.1. The lowest BCUT2D eigenvalue weighted by molar-refractivity contribution is 0.0601. The molecule has 3 nitrogen and oxygen atoms in total. The van der Waals surface area contributed by atoms with E-state index in [1.54, 1.807) is 11.3 Å². The number of carbonyl (C=O) groups is 1. The predicted molar refractivity (Wildman–Crippen MR) is 57.7 cm³/mol. The highest BCUT2D eigenvalue weighted by Crippen LogP contribution is 2.17. The minimum absolute atomic E-state index is 0.258. The van der Waals surface area contributed by atoms with E-state index in [1.807, 2.05) is 11.4 Å². The fourth-order valence-electron chi connectivity index (χ4n) is 1.18. The molecule has 1 aromatic heterocycles. The quantitative estimate of drug-likeness (QED) is 0.599. The molecule has 78 valence electrons. The van der Waals surface area contributed by atoms with Crippen LogP contribution in [0.4, 0.5) is 0 Å². The Labute approximate surface area is 87.9 Å². The van der Waals surface area contributed by atoms with Gasteiger partial charge in [-0.2, -0.15) is 0 Å². The van der Waals surface area contributed by atoms with Crippen molar-refractivity contribution in [2.24, 2.45) is 5.73 Å². The van der Waals surface area contributed by atoms with Crippen LogP contribution in [0, 0.1) is 0 Å². The molecule has 0 radical (unpaired) electrons. The molecule has 0 spiro atoms. The highest BCUT2D eigenvalue weighted by Gasteiger charge is 2.07. The van der Waals surface area contributed by atoms with Gasteiger partial charge in [-0.05, 0) is 31.9 Å². The third-order valence-electron chi connectivity index (χ3n) is 1.95. The first-order valence-corrected chi connectivity index (χ1v) is 5.51. The summed E-state index contributed by atoms with van der Waals surface area (Å²) in [7, 11) is 1.40. The molecule has 1 aromatic rings. The summed E-state index contributed by atoms with van der Waals surface area (Å²) >= 11 is 1.60. The molecule has 0 saturated heterocycles. The third kappa shape index (κ3) is 3.12. The van der Waals surface area contributed by atoms with Crippen molar-refractivity contribution in [1.29, 1.82) is 0 Å². The highest BCUT2D eigenvalue weighted by atomic mass is 32.1. The van der Waals surface area contributed by atoms with Gasteiger partial charge in [-0.1, -0.05) is 0 Å². The lowest BCUT2D eigenvalue weighted by atomic mass is 10.2. The number of aryl methyl sites for hydroxylation is 1. The molecule has 2 N–H and O–H groups in total. The van der Waals surface area contributed by atoms with Gasteiger partial charge >= 0.3 is 5.97 Å². The van der Waals surface area contributed by atoms with Gasteiger partial charge in [-0.25, -0.2) is 4.79 Å². The van der Waals surface area contributed by atoms with Gasteiger partial charge in [-0.3, -0.25) is 0 Å². The fraction of sp³-hybridized carbons (Fsp3) is 0.500. The number of carbonyl (C=O) groups excluding carboxylic acids is 1. The van der Waals surface area contributed by atoms with Gasteiger partial charge in [0.15, 0.2) is 0 Å². The van der Waals surface area contributed by atoms with Crippen LogP contribution in [0.1, 0.15) is 28.1 Å². The van der Waals surface area contributed by atoms with Gasteiger partial charge in [0.05, 0.1) is 12.7 Å². The summed E-state index contributed by atoms with van der Waals surface area (Å²) in [4.78, 5) is 12.3. The number of rotatable bonds is 5. The number of ether oxygens (including phenoxy) is 1. The highest BCUT2D eigenvalue weighted by molar-refractivity contribution is 7.10. The topological polar surface area (TPSA) is 52.3 Å². The number of methoxy groups -OCH3 is 1. The Morgan fingerprint density at radius 3 is 3.00 bits per heavy atom. The van der Waals surface area contributed by atoms with Gasteiger partial charge in [-0.15, -0.1) is 11.3 Å². The molecule has 0 fully saturated rings. The van der Waals surface area contributed by atoms with Gasteiger partial charge in [0, 0.05) is 10.3 Å². The first kappa shape index (κ1) is 11.2. The van der Waals surface area contributed by atoms with E-state index in [0.717, 1.165) is 25.8 Å². The second kappa shape index (κ2) is 5.78. The minimum Gasteiger partial charge on any atom is -0.465 e. The van der Waals surface area contributed by atoms with Crippen LogP contribution >= 0.6 is 11.3 Å². The number of thiophene rings is 1. The second-order valence-electron chi connectivity index (χ2n) is 3.04. The first-order chi connectivity index (χ1) is 6.77. The van der Waals surface area contributed by atoms with Gasteiger partial charge in [0.25, 0.3) is 0 Å². The molecular weight excluding hydrogens is 198 g/mol. The Balaban J connectivity index is 2.46. The van der Waals surface area contributed by atoms with Crippen molar-refractivity contribution in [2.45, 2.75) is 19.3 Å². The smallest absolute Gasteiger partial charge is 0.338 e. The van der Waals surface area contributed by atoms with Crippen molar-refractivity contribution in [2.75, 3.05) is 13.7 Å². The predicted octanol–water partition coefficient (Wildman–Crippen LogP) is 1.82. The van der Waals surface area contributed by atoms with E-state index in [4.69, 9.17) is 5.73 Å². The summed E-state index contributed by atoms with van der Waals surface area (Å²) in [5.41, 5.74) is 6.05. The molecule has 1 heterocycles. The maximum Gasteiger partial charge on any atom is 0.338 e. The zero-order chi connectivity index (χ0) is 10.4. The number of esters is 1. The lowest BCUT2D eigenvalue weighted by Crippen LogP contribution is -1.99. The van der Waals surface area contributed by atoms with Crippen molar-refractivity contribution in [3.05, 3.63) is 21.9 Å². The molecule has 14 heavy (non-hydrogen) atoms. The Bertz CT molecular complexity index is 296. The third-order valence-corrected chi connectivity index (χ3v) is 2.95. The van der Waals surface area contributed by atoms with Crippen molar-refractivity contribution in [3.8, 4) is 0 Å². The van der Waals surface area contributed by atoms with Crippen LogP contribution in [0.15, 0.2) is 11.4 Å². The molecule has 1 rings (SSSR count). The van der Waals surface area contributed by atoms with Crippen LogP contribution < -0.4 is 5.73 Å². The molecule has 0 aliphatic carbocycles. The molecule has 0 saturated carbocycles. The average molecular weight is 213 g/mol. The van der Waals surface area contributed by atoms with E-state index in [0.29, 0.717) is 5.56 Å². The van der Waals surface area contributed by atoms with Gasteiger partial charge in [0.2, 0.25) is 0 Å². The van der Waals surface area contributed by atoms with Crippen LogP contribution in [0.25, 0.3) is 0 Å². The monoisotopic (exact) mass is 213 g/mol. The maximum absolute atomic E-state index is 11.1. The van der Waals surface area contributed by atoms with Crippen LogP contribution in [0.3, 0.4) is 0 Å². The second-order valence-corrected chi connectivity index (χ2v) is 4.03. The fourth-order valence-corrected chi connectivity index (χ4v) is 2.08. The molecular formula is C10H15NO2S. The Kier molecular flexibility index (Phi) is 4.62. The van der Waals surface area contributed by atoms with Gasteiger partial charge < -0.3 is 10.5 Å². The standard InChI is InChI=1S/C10H15NO2S/c1-13-10(12)8-6-9(14-7-8)4-2-3-5-11/h6-7H,2-5,11H2,1H3. The number of hydrogen-bond acceptors (Lipinski definition) is 4. The van der Waals surface area contributed by atoms with Crippen molar-refractivity contribution >= 4 is 17.3 Å². The molecule has 0 amide bonds. The SMILES string of the molecule is COC(=O)c1csc(CCCCN)c1. The van der Waals surface area contributed by atoms with E-state index in [-0.39, 0.29) is 5.97 Å².